The number of aliphatic hydroxyl groups is 2. The number of carbonyl (C=O) groups is 1. The second-order valence-electron chi connectivity index (χ2n) is 9.01. The smallest absolute Gasteiger partial charge is 0.323 e. The number of nitrogens with zero attached hydrogens (tertiary/aromatic N) is 1. The van der Waals surface area contributed by atoms with Gasteiger partial charge in [0.15, 0.2) is 6.29 Å². The van der Waals surface area contributed by atoms with Crippen LogP contribution in [0.2, 0.25) is 0 Å². The molecule has 4 N–H and O–H groups in total. The zero-order valence-corrected chi connectivity index (χ0v) is 19.4. The topological polar surface area (TPSA) is 84.8 Å². The van der Waals surface area contributed by atoms with Crippen molar-refractivity contribution in [2.24, 2.45) is 11.8 Å². The Balaban J connectivity index is 2.30. The summed E-state index contributed by atoms with van der Waals surface area (Å²) in [6.45, 7) is 12.5. The van der Waals surface area contributed by atoms with Crippen LogP contribution in [0.1, 0.15) is 45.2 Å². The van der Waals surface area contributed by atoms with E-state index in [1.54, 1.807) is 0 Å². The molecular formula is C25H37N3O3. The van der Waals surface area contributed by atoms with E-state index < -0.39 is 6.29 Å². The van der Waals surface area contributed by atoms with Crippen molar-refractivity contribution in [3.63, 3.8) is 0 Å². The molecule has 2 aromatic rings. The number of rotatable bonds is 10. The third-order valence-corrected chi connectivity index (χ3v) is 4.82. The van der Waals surface area contributed by atoms with Gasteiger partial charge in [-0.15, -0.1) is 0 Å². The van der Waals surface area contributed by atoms with E-state index in [0.717, 1.165) is 41.3 Å². The summed E-state index contributed by atoms with van der Waals surface area (Å²) in [4.78, 5) is 15.0. The summed E-state index contributed by atoms with van der Waals surface area (Å²) in [5.41, 5.74) is 4.48. The van der Waals surface area contributed by atoms with Gasteiger partial charge in [0, 0.05) is 25.2 Å². The minimum atomic E-state index is -1.35. The number of aryl methyl sites for hydroxylation is 2. The first-order valence-corrected chi connectivity index (χ1v) is 11.0. The molecule has 0 aliphatic heterocycles. The van der Waals surface area contributed by atoms with Crippen LogP contribution >= 0.6 is 0 Å². The number of anilines is 3. The number of carbonyl (C=O) groups excluding carboxylic acids is 1. The van der Waals surface area contributed by atoms with Crippen molar-refractivity contribution in [3.8, 4) is 0 Å². The molecule has 0 radical (unpaired) electrons. The lowest BCUT2D eigenvalue weighted by atomic mass is 10.0. The Labute approximate surface area is 186 Å². The van der Waals surface area contributed by atoms with E-state index in [1.165, 1.54) is 0 Å². The van der Waals surface area contributed by atoms with Gasteiger partial charge in [0.05, 0.1) is 11.4 Å². The highest BCUT2D eigenvalue weighted by Crippen LogP contribution is 2.30. The SMILES string of the molecule is Cc1ccc(NC(=O)Nc2cc(CCC(O)O)ccc2N(CC(C)C)CC(C)C)cc1. The van der Waals surface area contributed by atoms with Crippen LogP contribution in [0.5, 0.6) is 0 Å². The van der Waals surface area contributed by atoms with Crippen molar-refractivity contribution >= 4 is 23.1 Å². The Hall–Kier alpha value is -2.57. The van der Waals surface area contributed by atoms with E-state index in [1.807, 2.05) is 49.4 Å². The van der Waals surface area contributed by atoms with Gasteiger partial charge >= 0.3 is 6.03 Å². The van der Waals surface area contributed by atoms with Crippen molar-refractivity contribution < 1.29 is 15.0 Å². The molecule has 0 aliphatic carbocycles. The molecule has 0 heterocycles. The first-order valence-electron chi connectivity index (χ1n) is 11.0. The maximum atomic E-state index is 12.7. The van der Waals surface area contributed by atoms with Crippen molar-refractivity contribution in [2.45, 2.75) is 53.8 Å². The zero-order chi connectivity index (χ0) is 23.0. The van der Waals surface area contributed by atoms with Crippen LogP contribution in [0.25, 0.3) is 0 Å². The number of amides is 2. The second-order valence-corrected chi connectivity index (χ2v) is 9.01. The molecule has 2 amide bonds. The molecule has 6 nitrogen and oxygen atoms in total. The molecule has 0 fully saturated rings. The normalized spacial score (nSPS) is 11.3. The minimum Gasteiger partial charge on any atom is -0.369 e. The Morgan fingerprint density at radius 1 is 0.935 bits per heavy atom. The number of urea groups is 1. The highest BCUT2D eigenvalue weighted by atomic mass is 16.5. The third-order valence-electron chi connectivity index (χ3n) is 4.82. The summed E-state index contributed by atoms with van der Waals surface area (Å²) in [6.07, 6.45) is -0.587. The molecule has 0 unspecified atom stereocenters. The summed E-state index contributed by atoms with van der Waals surface area (Å²) in [6, 6.07) is 13.3. The minimum absolute atomic E-state index is 0.246. The number of benzene rings is 2. The molecule has 2 rings (SSSR count). The first kappa shape index (κ1) is 24.7. The average Bonchev–Trinajstić information content (AvgIpc) is 2.67. The molecule has 0 saturated heterocycles. The summed E-state index contributed by atoms with van der Waals surface area (Å²) in [5, 5.41) is 24.3. The fraction of sp³-hybridized carbons (Fsp3) is 0.480. The number of hydrogen-bond donors (Lipinski definition) is 4. The van der Waals surface area contributed by atoms with E-state index in [2.05, 4.69) is 43.2 Å². The molecule has 0 bridgehead atoms. The van der Waals surface area contributed by atoms with Gasteiger partial charge in [-0.05, 0) is 55.0 Å². The van der Waals surface area contributed by atoms with Crippen LogP contribution in [0, 0.1) is 18.8 Å². The highest BCUT2D eigenvalue weighted by Gasteiger charge is 2.17. The van der Waals surface area contributed by atoms with E-state index in [9.17, 15) is 15.0 Å². The van der Waals surface area contributed by atoms with Gasteiger partial charge in [0.1, 0.15) is 0 Å². The van der Waals surface area contributed by atoms with E-state index in [-0.39, 0.29) is 12.5 Å². The van der Waals surface area contributed by atoms with Crippen LogP contribution in [0.4, 0.5) is 21.9 Å². The maximum Gasteiger partial charge on any atom is 0.323 e. The number of nitrogens with one attached hydrogen (secondary N) is 2. The predicted molar refractivity (Wildman–Crippen MR) is 129 cm³/mol. The molecule has 0 atom stereocenters. The van der Waals surface area contributed by atoms with Crippen molar-refractivity contribution in [3.05, 3.63) is 53.6 Å². The largest absolute Gasteiger partial charge is 0.369 e. The lowest BCUT2D eigenvalue weighted by Gasteiger charge is -2.30. The van der Waals surface area contributed by atoms with Crippen LogP contribution in [0.3, 0.4) is 0 Å². The molecule has 31 heavy (non-hydrogen) atoms. The van der Waals surface area contributed by atoms with Gasteiger partial charge in [-0.3, -0.25) is 0 Å². The van der Waals surface area contributed by atoms with Crippen molar-refractivity contribution in [2.75, 3.05) is 28.6 Å². The van der Waals surface area contributed by atoms with Crippen molar-refractivity contribution in [1.29, 1.82) is 0 Å². The fourth-order valence-electron chi connectivity index (χ4n) is 3.48. The molecule has 0 aliphatic rings. The summed E-state index contributed by atoms with van der Waals surface area (Å²) in [5.74, 6) is 0.939. The zero-order valence-electron chi connectivity index (χ0n) is 19.4. The molecule has 0 aromatic heterocycles. The highest BCUT2D eigenvalue weighted by molar-refractivity contribution is 6.02. The van der Waals surface area contributed by atoms with Crippen LogP contribution in [0.15, 0.2) is 42.5 Å². The summed E-state index contributed by atoms with van der Waals surface area (Å²) >= 11 is 0. The number of hydrogen-bond acceptors (Lipinski definition) is 4. The van der Waals surface area contributed by atoms with Crippen molar-refractivity contribution in [1.82, 2.24) is 0 Å². The van der Waals surface area contributed by atoms with E-state index in [4.69, 9.17) is 0 Å². The van der Waals surface area contributed by atoms with E-state index >= 15 is 0 Å². The van der Waals surface area contributed by atoms with Gasteiger partial charge in [0.25, 0.3) is 0 Å². The Kier molecular flexibility index (Phi) is 9.34. The van der Waals surface area contributed by atoms with Gasteiger partial charge in [0.2, 0.25) is 0 Å². The summed E-state index contributed by atoms with van der Waals surface area (Å²) in [7, 11) is 0. The van der Waals surface area contributed by atoms with Gasteiger partial charge in [-0.2, -0.15) is 0 Å². The monoisotopic (exact) mass is 427 g/mol. The van der Waals surface area contributed by atoms with Gasteiger partial charge in [-0.1, -0.05) is 51.5 Å². The van der Waals surface area contributed by atoms with Crippen LogP contribution in [-0.4, -0.2) is 35.6 Å². The standard InChI is InChI=1S/C25H37N3O3/c1-17(2)15-28(16-18(3)4)23-12-8-20(9-13-24(29)30)14-22(23)27-25(31)26-21-10-6-19(5)7-11-21/h6-8,10-12,14,17-18,24,29-30H,9,13,15-16H2,1-5H3,(H2,26,27,31). The number of aliphatic hydroxyl groups excluding tert-OH is 1. The van der Waals surface area contributed by atoms with Crippen LogP contribution < -0.4 is 15.5 Å². The molecule has 2 aromatic carbocycles. The molecule has 6 heteroatoms. The van der Waals surface area contributed by atoms with Gasteiger partial charge in [-0.25, -0.2) is 4.79 Å². The molecular weight excluding hydrogens is 390 g/mol. The lowest BCUT2D eigenvalue weighted by molar-refractivity contribution is -0.0447. The summed E-state index contributed by atoms with van der Waals surface area (Å²) < 4.78 is 0. The maximum absolute atomic E-state index is 12.7. The average molecular weight is 428 g/mol. The lowest BCUT2D eigenvalue weighted by Crippen LogP contribution is -2.32. The van der Waals surface area contributed by atoms with E-state index in [0.29, 0.717) is 18.3 Å². The third kappa shape index (κ3) is 8.59. The first-order chi connectivity index (χ1) is 14.6. The Morgan fingerprint density at radius 3 is 2.10 bits per heavy atom. The van der Waals surface area contributed by atoms with Crippen LogP contribution in [-0.2, 0) is 6.42 Å². The fourth-order valence-corrected chi connectivity index (χ4v) is 3.48. The molecule has 170 valence electrons. The predicted octanol–water partition coefficient (Wildman–Crippen LogP) is 5.00. The quantitative estimate of drug-likeness (QED) is 0.402. The Bertz CT molecular complexity index is 822. The second kappa shape index (κ2) is 11.7. The molecule has 0 spiro atoms. The molecule has 0 saturated carbocycles. The van der Waals surface area contributed by atoms with Gasteiger partial charge < -0.3 is 25.7 Å². The Morgan fingerprint density at radius 2 is 1.55 bits per heavy atom.